The average Bonchev–Trinajstić information content (AvgIpc) is 3.05. The molecule has 0 aliphatic carbocycles. The van der Waals surface area contributed by atoms with E-state index < -0.39 is 0 Å². The predicted octanol–water partition coefficient (Wildman–Crippen LogP) is 10.1. The Kier molecular flexibility index (Phi) is 5.85. The maximum Gasteiger partial charge on any atom is 0.195 e. The van der Waals surface area contributed by atoms with Crippen LogP contribution in [0.5, 0.6) is 0 Å². The molecular weight excluding hydrogens is 553 g/mol. The summed E-state index contributed by atoms with van der Waals surface area (Å²) in [7, 11) is 0. The van der Waals surface area contributed by atoms with Gasteiger partial charge in [-0.25, -0.2) is 0 Å². The second-order valence-corrected chi connectivity index (χ2v) is 12.6. The van der Waals surface area contributed by atoms with Crippen molar-refractivity contribution in [1.29, 1.82) is 0 Å². The molecule has 0 aliphatic heterocycles. The van der Waals surface area contributed by atoms with E-state index in [1.807, 2.05) is 60.7 Å². The maximum atomic E-state index is 13.3. The number of hydrogen-bond donors (Lipinski definition) is 0. The van der Waals surface area contributed by atoms with E-state index in [2.05, 4.69) is 72.8 Å². The molecule has 0 saturated carbocycles. The van der Waals surface area contributed by atoms with E-state index in [9.17, 15) is 9.59 Å². The van der Waals surface area contributed by atoms with Crippen LogP contribution in [0.4, 0.5) is 0 Å². The van der Waals surface area contributed by atoms with Crippen molar-refractivity contribution in [1.82, 2.24) is 0 Å². The van der Waals surface area contributed by atoms with Gasteiger partial charge in [-0.1, -0.05) is 72.8 Å². The summed E-state index contributed by atoms with van der Waals surface area (Å²) in [6.45, 7) is 0. The SMILES string of the molecule is O=c1c2ccccc2sc2ccc(-c3cccc(-c4cccc(-c5ccc6sc7ccccc7c(=O)c6c5)c4)c3)cc12. The zero-order valence-corrected chi connectivity index (χ0v) is 24.0. The molecule has 2 nitrogen and oxygen atoms in total. The predicted molar refractivity (Wildman–Crippen MR) is 181 cm³/mol. The molecule has 8 aromatic rings. The monoisotopic (exact) mass is 574 g/mol. The van der Waals surface area contributed by atoms with Crippen LogP contribution in [0.15, 0.2) is 143 Å². The van der Waals surface area contributed by atoms with Crippen LogP contribution >= 0.6 is 22.7 Å². The molecule has 8 rings (SSSR count). The highest BCUT2D eigenvalue weighted by molar-refractivity contribution is 7.24. The van der Waals surface area contributed by atoms with E-state index in [4.69, 9.17) is 0 Å². The molecule has 0 atom stereocenters. The third kappa shape index (κ3) is 4.16. The second kappa shape index (κ2) is 9.88. The lowest BCUT2D eigenvalue weighted by Gasteiger charge is -2.10. The Labute approximate surface area is 249 Å². The first-order chi connectivity index (χ1) is 20.6. The van der Waals surface area contributed by atoms with Crippen LogP contribution < -0.4 is 10.9 Å². The first kappa shape index (κ1) is 24.9. The average molecular weight is 575 g/mol. The Morgan fingerprint density at radius 3 is 1.10 bits per heavy atom. The summed E-state index contributed by atoms with van der Waals surface area (Å²) in [6.07, 6.45) is 0. The van der Waals surface area contributed by atoms with Crippen molar-refractivity contribution in [2.45, 2.75) is 0 Å². The molecule has 4 heteroatoms. The quantitative estimate of drug-likeness (QED) is 0.197. The molecule has 0 spiro atoms. The van der Waals surface area contributed by atoms with Gasteiger partial charge >= 0.3 is 0 Å². The van der Waals surface area contributed by atoms with Crippen molar-refractivity contribution in [3.63, 3.8) is 0 Å². The molecule has 0 saturated heterocycles. The van der Waals surface area contributed by atoms with Gasteiger partial charge in [-0.3, -0.25) is 9.59 Å². The summed E-state index contributed by atoms with van der Waals surface area (Å²) in [4.78, 5) is 26.6. The van der Waals surface area contributed by atoms with E-state index >= 15 is 0 Å². The molecular formula is C38H22O2S2. The molecule has 6 aromatic carbocycles. The van der Waals surface area contributed by atoms with Crippen molar-refractivity contribution >= 4 is 63.0 Å². The van der Waals surface area contributed by atoms with Crippen molar-refractivity contribution in [3.8, 4) is 33.4 Å². The second-order valence-electron chi connectivity index (χ2n) is 10.4. The lowest BCUT2D eigenvalue weighted by atomic mass is 9.95. The van der Waals surface area contributed by atoms with Crippen molar-refractivity contribution in [3.05, 3.63) is 154 Å². The fourth-order valence-corrected chi connectivity index (χ4v) is 7.83. The Morgan fingerprint density at radius 1 is 0.310 bits per heavy atom. The van der Waals surface area contributed by atoms with Crippen LogP contribution in [0.25, 0.3) is 73.7 Å². The zero-order chi connectivity index (χ0) is 28.2. The smallest absolute Gasteiger partial charge is 0.195 e. The van der Waals surface area contributed by atoms with Crippen LogP contribution in [-0.4, -0.2) is 0 Å². The minimum Gasteiger partial charge on any atom is -0.289 e. The highest BCUT2D eigenvalue weighted by Crippen LogP contribution is 2.34. The minimum absolute atomic E-state index is 0.0791. The molecule has 0 fully saturated rings. The summed E-state index contributed by atoms with van der Waals surface area (Å²) in [5.41, 5.74) is 6.51. The summed E-state index contributed by atoms with van der Waals surface area (Å²) in [5, 5.41) is 3.05. The van der Waals surface area contributed by atoms with E-state index in [1.54, 1.807) is 22.7 Å². The Balaban J connectivity index is 1.19. The highest BCUT2D eigenvalue weighted by Gasteiger charge is 2.11. The summed E-state index contributed by atoms with van der Waals surface area (Å²) < 4.78 is 4.02. The molecule has 0 amide bonds. The molecule has 198 valence electrons. The molecule has 0 N–H and O–H groups in total. The largest absolute Gasteiger partial charge is 0.289 e. The van der Waals surface area contributed by atoms with Gasteiger partial charge in [-0.05, 0) is 94.0 Å². The van der Waals surface area contributed by atoms with Gasteiger partial charge in [0.1, 0.15) is 0 Å². The first-order valence-corrected chi connectivity index (χ1v) is 15.4. The molecule has 2 heterocycles. The van der Waals surface area contributed by atoms with Crippen molar-refractivity contribution < 1.29 is 0 Å². The fourth-order valence-electron chi connectivity index (χ4n) is 5.72. The van der Waals surface area contributed by atoms with Gasteiger partial charge in [0.25, 0.3) is 0 Å². The standard InChI is InChI=1S/C38H22O2S2/c39-37-29-11-1-3-13-33(29)41-35-17-15-27(21-31(35)37)25-9-5-7-23(19-25)24-8-6-10-26(20-24)28-16-18-36-32(22-28)38(40)30-12-2-4-14-34(30)42-36/h1-22H. The molecule has 2 aromatic heterocycles. The van der Waals surface area contributed by atoms with E-state index in [0.717, 1.165) is 73.7 Å². The molecule has 42 heavy (non-hydrogen) atoms. The summed E-state index contributed by atoms with van der Waals surface area (Å²) in [5.74, 6) is 0. The van der Waals surface area contributed by atoms with E-state index in [0.29, 0.717) is 0 Å². The normalized spacial score (nSPS) is 11.5. The van der Waals surface area contributed by atoms with Crippen LogP contribution in [0.2, 0.25) is 0 Å². The lowest BCUT2D eigenvalue weighted by Crippen LogP contribution is -2.00. The lowest BCUT2D eigenvalue weighted by molar-refractivity contribution is 1.59. The van der Waals surface area contributed by atoms with Crippen LogP contribution in [0.3, 0.4) is 0 Å². The number of benzene rings is 6. The van der Waals surface area contributed by atoms with Crippen LogP contribution in [0, 0.1) is 0 Å². The Bertz CT molecular complexity index is 2290. The highest BCUT2D eigenvalue weighted by atomic mass is 32.1. The number of rotatable bonds is 3. The van der Waals surface area contributed by atoms with Gasteiger partial charge in [0.2, 0.25) is 0 Å². The summed E-state index contributed by atoms with van der Waals surface area (Å²) >= 11 is 3.30. The van der Waals surface area contributed by atoms with E-state index in [1.165, 1.54) is 0 Å². The zero-order valence-electron chi connectivity index (χ0n) is 22.3. The van der Waals surface area contributed by atoms with Crippen molar-refractivity contribution in [2.75, 3.05) is 0 Å². The van der Waals surface area contributed by atoms with Gasteiger partial charge in [0.15, 0.2) is 10.9 Å². The number of fused-ring (bicyclic) bond motifs is 4. The third-order valence-corrected chi connectivity index (χ3v) is 10.2. The Morgan fingerprint density at radius 2 is 0.667 bits per heavy atom. The van der Waals surface area contributed by atoms with Gasteiger partial charge in [-0.2, -0.15) is 0 Å². The third-order valence-electron chi connectivity index (χ3n) is 7.88. The van der Waals surface area contributed by atoms with Crippen LogP contribution in [0.1, 0.15) is 0 Å². The van der Waals surface area contributed by atoms with Gasteiger partial charge in [0, 0.05) is 40.3 Å². The molecule has 0 unspecified atom stereocenters. The first-order valence-electron chi connectivity index (χ1n) is 13.7. The van der Waals surface area contributed by atoms with Crippen LogP contribution in [-0.2, 0) is 0 Å². The topological polar surface area (TPSA) is 34.1 Å². The fraction of sp³-hybridized carbons (Fsp3) is 0. The minimum atomic E-state index is 0.0791. The van der Waals surface area contributed by atoms with Gasteiger partial charge < -0.3 is 0 Å². The molecule has 0 bridgehead atoms. The maximum absolute atomic E-state index is 13.3. The van der Waals surface area contributed by atoms with Crippen molar-refractivity contribution in [2.24, 2.45) is 0 Å². The summed E-state index contributed by atoms with van der Waals surface area (Å²) in [6, 6.07) is 44.9. The van der Waals surface area contributed by atoms with Gasteiger partial charge in [-0.15, -0.1) is 22.7 Å². The molecule has 0 aliphatic rings. The molecule has 0 radical (unpaired) electrons. The number of hydrogen-bond acceptors (Lipinski definition) is 4. The Hall–Kier alpha value is -4.90. The van der Waals surface area contributed by atoms with Gasteiger partial charge in [0.05, 0.1) is 0 Å². The van der Waals surface area contributed by atoms with E-state index in [-0.39, 0.29) is 10.9 Å².